The first-order valence-corrected chi connectivity index (χ1v) is 21.0. The molecule has 280 valence electrons. The highest BCUT2D eigenvalue weighted by Crippen LogP contribution is 2.54. The standard InChI is InChI=1S/C55H29N5S/c1-57-51-47(32-14-4-2-5-15-32)41(30-56)52(60-43-22-10-8-18-35(43)39-26-27-40-36-19-9-11-25-46(36)61-55(40)53(39)60)48(33-16-6-3-7-17-33)54(51)59-44-23-12-20-37-34-28-29-58-31-42(34)38-21-13-24-45(59)50(38)49(37)44/h2-29,31H. The molecule has 0 aliphatic rings. The average molecular weight is 792 g/mol. The zero-order valence-corrected chi connectivity index (χ0v) is 33.2. The van der Waals surface area contributed by atoms with E-state index < -0.39 is 0 Å². The van der Waals surface area contributed by atoms with Crippen LogP contribution < -0.4 is 0 Å². The van der Waals surface area contributed by atoms with Crippen molar-refractivity contribution in [2.45, 2.75) is 0 Å². The largest absolute Gasteiger partial charge is 0.318 e. The van der Waals surface area contributed by atoms with Crippen LogP contribution >= 0.6 is 11.3 Å². The number of thiophene rings is 1. The van der Waals surface area contributed by atoms with Crippen molar-refractivity contribution in [2.75, 3.05) is 0 Å². The second-order valence-corrected chi connectivity index (χ2v) is 16.6. The molecule has 4 aromatic heterocycles. The number of rotatable bonds is 4. The summed E-state index contributed by atoms with van der Waals surface area (Å²) in [5.74, 6) is 0. The Labute approximate surface area is 353 Å². The summed E-state index contributed by atoms with van der Waals surface area (Å²) in [6.45, 7) is 9.19. The monoisotopic (exact) mass is 791 g/mol. The fourth-order valence-corrected chi connectivity index (χ4v) is 11.5. The minimum Gasteiger partial charge on any atom is -0.318 e. The number of nitriles is 1. The topological polar surface area (TPSA) is 50.9 Å². The molecule has 0 atom stereocenters. The highest BCUT2D eigenvalue weighted by Gasteiger charge is 2.32. The Bertz CT molecular complexity index is 3980. The molecule has 0 spiro atoms. The van der Waals surface area contributed by atoms with E-state index in [1.807, 2.05) is 60.9 Å². The first-order valence-electron chi connectivity index (χ1n) is 20.2. The molecule has 61 heavy (non-hydrogen) atoms. The third kappa shape index (κ3) is 4.44. The van der Waals surface area contributed by atoms with Gasteiger partial charge in [0.15, 0.2) is 0 Å². The normalized spacial score (nSPS) is 11.9. The van der Waals surface area contributed by atoms with Crippen LogP contribution in [0.1, 0.15) is 5.56 Å². The lowest BCUT2D eigenvalue weighted by Gasteiger charge is -2.25. The number of benzene rings is 9. The first-order chi connectivity index (χ1) is 30.2. The molecule has 0 N–H and O–H groups in total. The molecule has 13 aromatic rings. The predicted molar refractivity (Wildman–Crippen MR) is 254 cm³/mol. The van der Waals surface area contributed by atoms with Gasteiger partial charge in [0.2, 0.25) is 5.69 Å². The van der Waals surface area contributed by atoms with E-state index in [9.17, 15) is 11.8 Å². The number of para-hydroxylation sites is 1. The van der Waals surface area contributed by atoms with Crippen LogP contribution in [0.2, 0.25) is 0 Å². The fraction of sp³-hybridized carbons (Fsp3) is 0. The van der Waals surface area contributed by atoms with Gasteiger partial charge in [0.25, 0.3) is 0 Å². The van der Waals surface area contributed by atoms with Crippen LogP contribution in [-0.4, -0.2) is 14.1 Å². The van der Waals surface area contributed by atoms with E-state index in [-0.39, 0.29) is 0 Å². The van der Waals surface area contributed by atoms with Gasteiger partial charge in [-0.1, -0.05) is 133 Å². The Kier molecular flexibility index (Phi) is 6.96. The molecule has 0 aliphatic heterocycles. The molecule has 13 rings (SSSR count). The van der Waals surface area contributed by atoms with E-state index in [0.29, 0.717) is 16.8 Å². The molecule has 0 saturated heterocycles. The number of aromatic nitrogens is 3. The van der Waals surface area contributed by atoms with Crippen molar-refractivity contribution in [3.05, 3.63) is 193 Å². The Morgan fingerprint density at radius 1 is 0.508 bits per heavy atom. The van der Waals surface area contributed by atoms with E-state index in [1.165, 1.54) is 15.5 Å². The van der Waals surface area contributed by atoms with Crippen LogP contribution in [0.5, 0.6) is 0 Å². The smallest absolute Gasteiger partial charge is 0.220 e. The van der Waals surface area contributed by atoms with Gasteiger partial charge in [0.1, 0.15) is 6.07 Å². The van der Waals surface area contributed by atoms with Gasteiger partial charge in [0, 0.05) is 65.9 Å². The van der Waals surface area contributed by atoms with Crippen molar-refractivity contribution in [1.82, 2.24) is 14.1 Å². The summed E-state index contributed by atoms with van der Waals surface area (Å²) in [7, 11) is 0. The van der Waals surface area contributed by atoms with Crippen molar-refractivity contribution in [3.63, 3.8) is 0 Å². The van der Waals surface area contributed by atoms with Gasteiger partial charge >= 0.3 is 0 Å². The van der Waals surface area contributed by atoms with Crippen molar-refractivity contribution in [1.29, 1.82) is 5.26 Å². The number of fused-ring (bicyclic) bond motifs is 10. The third-order valence-electron chi connectivity index (χ3n) is 12.6. The molecule has 5 nitrogen and oxygen atoms in total. The maximum atomic E-state index is 11.8. The van der Waals surface area contributed by atoms with Crippen molar-refractivity contribution < 1.29 is 0 Å². The van der Waals surface area contributed by atoms with Gasteiger partial charge < -0.3 is 9.13 Å². The molecule has 0 aliphatic carbocycles. The molecule has 6 heteroatoms. The first kappa shape index (κ1) is 33.7. The maximum absolute atomic E-state index is 11.8. The zero-order chi connectivity index (χ0) is 40.3. The zero-order valence-electron chi connectivity index (χ0n) is 32.4. The third-order valence-corrected chi connectivity index (χ3v) is 13.8. The van der Waals surface area contributed by atoms with E-state index >= 15 is 0 Å². The minimum absolute atomic E-state index is 0.422. The minimum atomic E-state index is 0.422. The van der Waals surface area contributed by atoms with Gasteiger partial charge in [-0.05, 0) is 57.6 Å². The second-order valence-electron chi connectivity index (χ2n) is 15.6. The fourth-order valence-electron chi connectivity index (χ4n) is 10.2. The summed E-state index contributed by atoms with van der Waals surface area (Å²) in [5.41, 5.74) is 9.52. The van der Waals surface area contributed by atoms with Crippen molar-refractivity contribution in [2.24, 2.45) is 0 Å². The Morgan fingerprint density at radius 3 is 1.84 bits per heavy atom. The highest BCUT2D eigenvalue weighted by atomic mass is 32.1. The molecular formula is C55H29N5S. The number of nitrogens with zero attached hydrogens (tertiary/aromatic N) is 5. The second kappa shape index (κ2) is 12.6. The molecule has 0 unspecified atom stereocenters. The van der Waals surface area contributed by atoms with Crippen LogP contribution in [0.15, 0.2) is 176 Å². The predicted octanol–water partition coefficient (Wildman–Crippen LogP) is 15.1. The molecule has 0 amide bonds. The molecule has 0 saturated carbocycles. The van der Waals surface area contributed by atoms with Gasteiger partial charge in [-0.3, -0.25) is 4.98 Å². The molecule has 9 aromatic carbocycles. The molecular weight excluding hydrogens is 763 g/mol. The summed E-state index contributed by atoms with van der Waals surface area (Å²) in [4.78, 5) is 9.08. The van der Waals surface area contributed by atoms with E-state index in [1.54, 1.807) is 11.3 Å². The molecule has 0 fully saturated rings. The summed E-state index contributed by atoms with van der Waals surface area (Å²) in [6, 6.07) is 59.8. The lowest BCUT2D eigenvalue weighted by atomic mass is 9.88. The molecule has 4 heterocycles. The quantitative estimate of drug-likeness (QED) is 0.132. The SMILES string of the molecule is [C-]#[N+]c1c(-c2ccccc2)c(C#N)c(-n2c3ccccc3c3ccc4c5ccccc5sc4c32)c(-c2ccccc2)c1-n1c2cccc3c4ccncc4c4cccc1c4c32. The summed E-state index contributed by atoms with van der Waals surface area (Å²) >= 11 is 1.79. The van der Waals surface area contributed by atoms with Crippen LogP contribution in [0.3, 0.4) is 0 Å². The van der Waals surface area contributed by atoms with E-state index in [4.69, 9.17) is 0 Å². The Hall–Kier alpha value is -8.29. The van der Waals surface area contributed by atoms with Gasteiger partial charge in [-0.2, -0.15) is 5.26 Å². The van der Waals surface area contributed by atoms with Gasteiger partial charge in [-0.15, -0.1) is 11.3 Å². The maximum Gasteiger partial charge on any atom is 0.220 e. The van der Waals surface area contributed by atoms with Crippen LogP contribution in [-0.2, 0) is 0 Å². The lowest BCUT2D eigenvalue weighted by Crippen LogP contribution is -2.08. The van der Waals surface area contributed by atoms with Crippen LogP contribution in [0.4, 0.5) is 5.69 Å². The summed E-state index contributed by atoms with van der Waals surface area (Å²) in [6.07, 6.45) is 3.83. The Morgan fingerprint density at radius 2 is 1.11 bits per heavy atom. The number of pyridine rings is 1. The molecule has 0 radical (unpaired) electrons. The van der Waals surface area contributed by atoms with Crippen molar-refractivity contribution >= 4 is 102 Å². The summed E-state index contributed by atoms with van der Waals surface area (Å²) < 4.78 is 7.01. The molecule has 0 bridgehead atoms. The highest BCUT2D eigenvalue weighted by molar-refractivity contribution is 7.26. The number of hydrogen-bond donors (Lipinski definition) is 0. The van der Waals surface area contributed by atoms with E-state index in [0.717, 1.165) is 97.9 Å². The van der Waals surface area contributed by atoms with E-state index in [2.05, 4.69) is 140 Å². The summed E-state index contributed by atoms with van der Waals surface area (Å²) in [5, 5.41) is 23.1. The number of hydrogen-bond acceptors (Lipinski definition) is 3. The van der Waals surface area contributed by atoms with Gasteiger partial charge in [-0.25, -0.2) is 4.85 Å². The average Bonchev–Trinajstić information content (AvgIpc) is 3.99. The van der Waals surface area contributed by atoms with Crippen molar-refractivity contribution in [3.8, 4) is 39.7 Å². The van der Waals surface area contributed by atoms with Gasteiger partial charge in [0.05, 0.1) is 50.3 Å². The lowest BCUT2D eigenvalue weighted by molar-refractivity contribution is 1.14. The Balaban J connectivity index is 1.34. The van der Waals surface area contributed by atoms with Crippen LogP contribution in [0, 0.1) is 17.9 Å². The van der Waals surface area contributed by atoms with Crippen LogP contribution in [0.25, 0.3) is 124 Å².